The zero-order chi connectivity index (χ0) is 71.8. The number of carbonyl (C=O) groups excluding carboxylic acids is 1. The summed E-state index contributed by atoms with van der Waals surface area (Å²) in [7, 11) is 15.7. The number of fused-ring (bicyclic) bond motifs is 1. The summed E-state index contributed by atoms with van der Waals surface area (Å²) in [4.78, 5) is 59.1. The predicted octanol–water partition coefficient (Wildman–Crippen LogP) is 13.5. The van der Waals surface area contributed by atoms with Crippen LogP contribution in [-0.2, 0) is 40.6 Å². The lowest BCUT2D eigenvalue weighted by atomic mass is 9.60. The Labute approximate surface area is 635 Å². The summed E-state index contributed by atoms with van der Waals surface area (Å²) in [5.41, 5.74) is 24.6. The van der Waals surface area contributed by atoms with Crippen LogP contribution in [0.3, 0.4) is 0 Å². The van der Waals surface area contributed by atoms with Crippen LogP contribution >= 0.6 is 0 Å². The van der Waals surface area contributed by atoms with E-state index >= 15 is 0 Å². The van der Waals surface area contributed by atoms with Crippen LogP contribution in [0, 0.1) is 57.4 Å². The Bertz CT molecular complexity index is 3950. The number of carbonyl (C=O) groups is 1. The molecule has 5 saturated heterocycles. The topological polar surface area (TPSA) is 329 Å². The minimum Gasteiger partial charge on any atom is -0.397 e. The van der Waals surface area contributed by atoms with Crippen LogP contribution in [0.4, 0.5) is 51.4 Å². The van der Waals surface area contributed by atoms with Crippen LogP contribution in [0.5, 0.6) is 0 Å². The number of nitrogen functional groups attached to an aromatic ring is 2. The number of imidazole rings is 1. The van der Waals surface area contributed by atoms with Crippen LogP contribution in [0.1, 0.15) is 147 Å². The third-order valence-corrected chi connectivity index (χ3v) is 22.5. The van der Waals surface area contributed by atoms with Crippen molar-refractivity contribution in [1.82, 2.24) is 34.1 Å². The van der Waals surface area contributed by atoms with Gasteiger partial charge in [0.2, 0.25) is 5.95 Å². The number of nitrogens with two attached hydrogens (primary N) is 2. The van der Waals surface area contributed by atoms with Crippen molar-refractivity contribution >= 4 is 68.8 Å². The van der Waals surface area contributed by atoms with Gasteiger partial charge in [0.1, 0.15) is 23.3 Å². The van der Waals surface area contributed by atoms with E-state index in [0.29, 0.717) is 118 Å². The Hall–Kier alpha value is -8.12. The fourth-order valence-corrected chi connectivity index (χ4v) is 18.9. The smallest absolute Gasteiger partial charge is 0.293 e. The average Bonchev–Trinajstić information content (AvgIpc) is 1.66. The van der Waals surface area contributed by atoms with Crippen molar-refractivity contribution in [1.29, 1.82) is 0 Å². The summed E-state index contributed by atoms with van der Waals surface area (Å²) >= 11 is 0. The van der Waals surface area contributed by atoms with Gasteiger partial charge in [-0.15, -0.1) is 0 Å². The van der Waals surface area contributed by atoms with Crippen molar-refractivity contribution in [2.45, 2.75) is 165 Å². The third kappa shape index (κ3) is 19.7. The maximum absolute atomic E-state index is 11.2. The number of hydrogen-bond donors (Lipinski definition) is 7. The largest absolute Gasteiger partial charge is 0.397 e. The zero-order valence-corrected chi connectivity index (χ0v) is 59.8. The first-order chi connectivity index (χ1) is 48.2. The van der Waals surface area contributed by atoms with Gasteiger partial charge in [-0.1, -0.05) is 68.8 Å². The molecule has 16 rings (SSSR count). The number of anilines is 6. The minimum atomic E-state index is -0.444. The molecule has 0 atom stereocenters. The molecule has 27 nitrogen and oxygen atoms in total. The molecule has 5 aliphatic carbocycles. The van der Waals surface area contributed by atoms with E-state index in [0.717, 1.165) is 117 Å². The van der Waals surface area contributed by atoms with Crippen molar-refractivity contribution in [2.75, 3.05) is 155 Å². The molecule has 5 saturated carbocycles. The SMILES string of the molecule is C.C.C.C.C.C.CN1CC2(CC(Nc3ccc(C=O)cc3[N+](=O)[O-])C2)C1.CN1CC2(CC(Nc3ccc(CO)cc3[N+](=O)[O-])C2)C1.COCc1ccc(NC2CC3(C2)CN(C)C3)c(N)c1.COCc1ccc(NC2CC3(C2)CN(C)C3)c([N+](=O)[O-])c1.COCc1ccc2c(c1)nc(N)n2C1CC2(C1)CN(C)C2. The highest BCUT2D eigenvalue weighted by Gasteiger charge is 2.55. The van der Waals surface area contributed by atoms with Gasteiger partial charge in [0.15, 0.2) is 0 Å². The van der Waals surface area contributed by atoms with E-state index < -0.39 is 9.85 Å². The molecule has 10 fully saturated rings. The highest BCUT2D eigenvalue weighted by Crippen LogP contribution is 2.56. The predicted molar refractivity (Wildman–Crippen MR) is 433 cm³/mol. The number of aldehydes is 1. The number of aliphatic hydroxyl groups is 1. The number of nitrogens with zero attached hydrogens (tertiary/aromatic N) is 10. The molecule has 592 valence electrons. The van der Waals surface area contributed by atoms with Crippen LogP contribution in [0.2, 0.25) is 0 Å². The number of aromatic nitrogens is 2. The van der Waals surface area contributed by atoms with Gasteiger partial charge in [0, 0.05) is 141 Å². The van der Waals surface area contributed by atoms with E-state index in [1.54, 1.807) is 57.7 Å². The number of rotatable bonds is 20. The fourth-order valence-electron chi connectivity index (χ4n) is 18.9. The molecule has 0 unspecified atom stereocenters. The average molecular weight is 1490 g/mol. The van der Waals surface area contributed by atoms with E-state index in [1.807, 2.05) is 12.1 Å². The van der Waals surface area contributed by atoms with Crippen molar-refractivity contribution in [3.8, 4) is 0 Å². The quantitative estimate of drug-likeness (QED) is 0.0162. The maximum Gasteiger partial charge on any atom is 0.293 e. The molecule has 5 aliphatic heterocycles. The molecule has 0 amide bonds. The Balaban J connectivity index is 0.000000207. The van der Waals surface area contributed by atoms with E-state index in [-0.39, 0.29) is 73.2 Å². The molecule has 0 bridgehead atoms. The Kier molecular flexibility index (Phi) is 29.5. The molecule has 5 aromatic carbocycles. The lowest BCUT2D eigenvalue weighted by molar-refractivity contribution is -0.384. The number of ether oxygens (including phenoxy) is 3. The summed E-state index contributed by atoms with van der Waals surface area (Å²) in [5.74, 6) is 0.645. The Morgan fingerprint density at radius 1 is 0.458 bits per heavy atom. The Morgan fingerprint density at radius 3 is 1.11 bits per heavy atom. The lowest BCUT2D eigenvalue weighted by Gasteiger charge is -2.58. The molecule has 27 heteroatoms. The molecular weight excluding hydrogens is 1360 g/mol. The molecule has 6 aromatic rings. The first-order valence-electron chi connectivity index (χ1n) is 35.2. The van der Waals surface area contributed by atoms with E-state index in [9.17, 15) is 35.1 Å². The lowest BCUT2D eigenvalue weighted by Crippen LogP contribution is -2.63. The van der Waals surface area contributed by atoms with Crippen LogP contribution in [0.15, 0.2) is 91.0 Å². The number of nitrogens with one attached hydrogen (secondary N) is 4. The van der Waals surface area contributed by atoms with Crippen molar-refractivity contribution < 1.29 is 38.9 Å². The number of nitro benzene ring substituents is 3. The molecule has 10 aliphatic rings. The van der Waals surface area contributed by atoms with Gasteiger partial charge in [-0.05, 0) is 197 Å². The second-order valence-corrected chi connectivity index (χ2v) is 31.8. The minimum absolute atomic E-state index is 0. The highest BCUT2D eigenvalue weighted by molar-refractivity contribution is 5.80. The number of methoxy groups -OCH3 is 3. The van der Waals surface area contributed by atoms with Crippen molar-refractivity contribution in [3.63, 3.8) is 0 Å². The summed E-state index contributed by atoms with van der Waals surface area (Å²) < 4.78 is 17.6. The zero-order valence-electron chi connectivity index (χ0n) is 59.8. The van der Waals surface area contributed by atoms with E-state index in [1.165, 1.54) is 64.0 Å². The summed E-state index contributed by atoms with van der Waals surface area (Å²) in [6, 6.07) is 29.2. The number of nitro groups is 3. The van der Waals surface area contributed by atoms with Gasteiger partial charge in [-0.3, -0.25) is 35.1 Å². The summed E-state index contributed by atoms with van der Waals surface area (Å²) in [6.07, 6.45) is 12.1. The van der Waals surface area contributed by atoms with Gasteiger partial charge >= 0.3 is 0 Å². The standard InChI is InChI=1S/C16H22N4O.C15H21N3O3.C15H23N3O.C14H19N3O3.C14H17N3O3.6CH4/c1-19-9-16(10-19)6-12(7-16)20-14-4-3-11(8-21-2)5-13(14)18-15(20)17;1-17-9-15(10-17)6-12(7-15)16-13-4-3-11(8-21-2)5-14(13)18(19)20;1-18-9-15(10-18)6-12(7-15)17-14-4-3-11(8-19-2)5-13(14)16;2*1-16-8-14(9-16)5-11(6-14)15-12-3-2-10(7-18)4-13(12)17(19)20;;;;;;/h3-5,12H,6-10H2,1-2H3,(H2,17,18);3-5,12,16H,6-10H2,1-2H3;3-5,12,17H,6-10,16H2,1-2H3;2-4,11,15,18H,5-9H2,1H3;2-4,7,11,15H,5-6,8-9H2,1H3;6*1H4. The first kappa shape index (κ1) is 87.8. The van der Waals surface area contributed by atoms with Crippen LogP contribution in [0.25, 0.3) is 11.0 Å². The van der Waals surface area contributed by atoms with Crippen molar-refractivity contribution in [2.24, 2.45) is 27.1 Å². The number of benzene rings is 5. The summed E-state index contributed by atoms with van der Waals surface area (Å²) in [6.45, 7) is 13.2. The van der Waals surface area contributed by atoms with Gasteiger partial charge < -0.3 is 81.1 Å². The van der Waals surface area contributed by atoms with Gasteiger partial charge in [-0.2, -0.15) is 0 Å². The van der Waals surface area contributed by atoms with Crippen molar-refractivity contribution in [3.05, 3.63) is 149 Å². The molecule has 6 heterocycles. The maximum atomic E-state index is 11.2. The molecular formula is C80H126N16O11. The molecule has 9 N–H and O–H groups in total. The van der Waals surface area contributed by atoms with Gasteiger partial charge in [-0.25, -0.2) is 4.98 Å². The van der Waals surface area contributed by atoms with Crippen LogP contribution < -0.4 is 32.7 Å². The fraction of sp³-hybridized carbons (Fsp3) is 0.600. The number of hydrogen-bond acceptors (Lipinski definition) is 23. The number of likely N-dealkylation sites (tertiary alicyclic amines) is 5. The highest BCUT2D eigenvalue weighted by atomic mass is 16.6. The molecule has 0 radical (unpaired) electrons. The molecule has 107 heavy (non-hydrogen) atoms. The Morgan fingerprint density at radius 2 is 0.766 bits per heavy atom. The van der Waals surface area contributed by atoms with E-state index in [4.69, 9.17) is 30.8 Å². The second-order valence-electron chi connectivity index (χ2n) is 31.8. The molecule has 1 aromatic heterocycles. The third-order valence-electron chi connectivity index (χ3n) is 22.5. The first-order valence-corrected chi connectivity index (χ1v) is 35.2. The molecule has 5 spiro atoms. The van der Waals surface area contributed by atoms with Crippen LogP contribution in [-0.4, -0.2) is 206 Å². The van der Waals surface area contributed by atoms with E-state index in [2.05, 4.69) is 121 Å². The van der Waals surface area contributed by atoms with Gasteiger partial charge in [0.05, 0.1) is 63.6 Å². The summed E-state index contributed by atoms with van der Waals surface area (Å²) in [5, 5.41) is 55.9. The van der Waals surface area contributed by atoms with Gasteiger partial charge in [0.25, 0.3) is 17.1 Å². The monoisotopic (exact) mass is 1490 g/mol. The number of aliphatic hydroxyl groups excluding tert-OH is 1. The second kappa shape index (κ2) is 35.9. The normalized spacial score (nSPS) is 21.7.